The molecule has 0 atom stereocenters. The molecule has 4 rings (SSSR count). The predicted octanol–water partition coefficient (Wildman–Crippen LogP) is 5.01. The Morgan fingerprint density at radius 1 is 1.15 bits per heavy atom. The zero-order chi connectivity index (χ0) is 23.5. The average Bonchev–Trinajstić information content (AvgIpc) is 2.80. The van der Waals surface area contributed by atoms with Crippen LogP contribution >= 0.6 is 0 Å². The van der Waals surface area contributed by atoms with Gasteiger partial charge in [-0.2, -0.15) is 0 Å². The minimum Gasteiger partial charge on any atom is -0.507 e. The second-order valence-electron chi connectivity index (χ2n) is 8.56. The van der Waals surface area contributed by atoms with Gasteiger partial charge < -0.3 is 19.0 Å². The Morgan fingerprint density at radius 2 is 1.85 bits per heavy atom. The summed E-state index contributed by atoms with van der Waals surface area (Å²) in [4.78, 5) is 27.4. The molecule has 0 aliphatic carbocycles. The van der Waals surface area contributed by atoms with Crippen molar-refractivity contribution in [1.82, 2.24) is 4.90 Å². The number of hydrogen-bond acceptors (Lipinski definition) is 7. The number of likely N-dealkylation sites (tertiary alicyclic amines) is 1. The van der Waals surface area contributed by atoms with E-state index >= 15 is 0 Å². The number of fused-ring (bicyclic) bond motifs is 1. The number of carbonyl (C=O) groups is 1. The molecule has 0 spiro atoms. The summed E-state index contributed by atoms with van der Waals surface area (Å²) in [5.41, 5.74) is 1.10. The number of hydrogen-bond donors (Lipinski definition) is 1. The number of carbonyl (C=O) groups excluding carboxylic acids is 1. The van der Waals surface area contributed by atoms with Gasteiger partial charge in [-0.05, 0) is 82.1 Å². The maximum atomic E-state index is 13.3. The molecule has 7 nitrogen and oxygen atoms in total. The molecule has 1 aromatic heterocycles. The van der Waals surface area contributed by atoms with E-state index in [1.54, 1.807) is 44.2 Å². The van der Waals surface area contributed by atoms with Crippen LogP contribution in [0.4, 0.5) is 0 Å². The third kappa shape index (κ3) is 4.88. The number of esters is 1. The Morgan fingerprint density at radius 3 is 2.52 bits per heavy atom. The van der Waals surface area contributed by atoms with Crippen molar-refractivity contribution in [3.63, 3.8) is 0 Å². The third-order valence-corrected chi connectivity index (χ3v) is 6.10. The van der Waals surface area contributed by atoms with Gasteiger partial charge in [-0.15, -0.1) is 0 Å². The van der Waals surface area contributed by atoms with Gasteiger partial charge in [0.15, 0.2) is 0 Å². The van der Waals surface area contributed by atoms with Gasteiger partial charge in [0, 0.05) is 6.54 Å². The largest absolute Gasteiger partial charge is 0.507 e. The summed E-state index contributed by atoms with van der Waals surface area (Å²) in [7, 11) is 0. The van der Waals surface area contributed by atoms with Crippen molar-refractivity contribution in [3.8, 4) is 17.2 Å². The van der Waals surface area contributed by atoms with E-state index in [2.05, 4.69) is 11.8 Å². The van der Waals surface area contributed by atoms with Crippen LogP contribution in [-0.4, -0.2) is 35.7 Å². The fourth-order valence-corrected chi connectivity index (χ4v) is 4.10. The molecule has 33 heavy (non-hydrogen) atoms. The van der Waals surface area contributed by atoms with E-state index in [9.17, 15) is 14.7 Å². The van der Waals surface area contributed by atoms with Gasteiger partial charge in [0.1, 0.15) is 22.8 Å². The van der Waals surface area contributed by atoms with Crippen LogP contribution in [0, 0.1) is 12.8 Å². The number of nitrogens with zero attached hydrogens (tertiary/aromatic N) is 1. The van der Waals surface area contributed by atoms with E-state index < -0.39 is 5.97 Å². The first-order chi connectivity index (χ1) is 15.9. The lowest BCUT2D eigenvalue weighted by atomic mass is 9.98. The molecule has 1 aliphatic rings. The van der Waals surface area contributed by atoms with Crippen LogP contribution in [0.1, 0.15) is 48.4 Å². The van der Waals surface area contributed by atoms with Gasteiger partial charge in [-0.1, -0.05) is 6.92 Å². The summed E-state index contributed by atoms with van der Waals surface area (Å²) < 4.78 is 16.9. The maximum absolute atomic E-state index is 13.3. The van der Waals surface area contributed by atoms with Crippen LogP contribution in [-0.2, 0) is 11.3 Å². The van der Waals surface area contributed by atoms with Crippen LogP contribution in [0.3, 0.4) is 0 Å². The fraction of sp³-hybridized carbons (Fsp3) is 0.385. The van der Waals surface area contributed by atoms with Gasteiger partial charge in [0.05, 0.1) is 23.1 Å². The SMILES string of the molecule is CCOC(=O)c1ccc(Oc2c(C)oc3c(CN4CCC(C)CC4)c(O)ccc3c2=O)cc1. The number of phenolic OH excluding ortho intramolecular Hbond substituents is 1. The molecule has 2 heterocycles. The molecule has 0 unspecified atom stereocenters. The van der Waals surface area contributed by atoms with Gasteiger partial charge in [0.25, 0.3) is 0 Å². The van der Waals surface area contributed by atoms with E-state index in [0.29, 0.717) is 52.7 Å². The number of benzene rings is 2. The second kappa shape index (κ2) is 9.67. The summed E-state index contributed by atoms with van der Waals surface area (Å²) >= 11 is 0. The van der Waals surface area contributed by atoms with Crippen LogP contribution in [0.15, 0.2) is 45.6 Å². The molecule has 0 bridgehead atoms. The molecule has 0 amide bonds. The van der Waals surface area contributed by atoms with E-state index in [1.165, 1.54) is 6.07 Å². The molecule has 3 aromatic rings. The predicted molar refractivity (Wildman–Crippen MR) is 125 cm³/mol. The molecule has 2 aromatic carbocycles. The lowest BCUT2D eigenvalue weighted by Crippen LogP contribution is -2.32. The summed E-state index contributed by atoms with van der Waals surface area (Å²) in [5.74, 6) is 1.21. The molecular weight excluding hydrogens is 422 g/mol. The number of aryl methyl sites for hydroxylation is 1. The number of phenols is 1. The van der Waals surface area contributed by atoms with Gasteiger partial charge >= 0.3 is 5.97 Å². The first-order valence-electron chi connectivity index (χ1n) is 11.3. The van der Waals surface area contributed by atoms with E-state index in [1.807, 2.05) is 0 Å². The zero-order valence-corrected chi connectivity index (χ0v) is 19.2. The normalized spacial score (nSPS) is 15.0. The highest BCUT2D eigenvalue weighted by atomic mass is 16.5. The molecule has 0 saturated carbocycles. The Hall–Kier alpha value is -3.32. The van der Waals surface area contributed by atoms with Crippen molar-refractivity contribution in [2.24, 2.45) is 5.92 Å². The number of ether oxygens (including phenoxy) is 2. The molecule has 7 heteroatoms. The molecule has 1 aliphatic heterocycles. The van der Waals surface area contributed by atoms with Crippen molar-refractivity contribution >= 4 is 16.9 Å². The summed E-state index contributed by atoms with van der Waals surface area (Å²) in [6.45, 7) is 8.37. The smallest absolute Gasteiger partial charge is 0.338 e. The molecule has 174 valence electrons. The lowest BCUT2D eigenvalue weighted by Gasteiger charge is -2.30. The third-order valence-electron chi connectivity index (χ3n) is 6.10. The van der Waals surface area contributed by atoms with Gasteiger partial charge in [-0.3, -0.25) is 9.69 Å². The zero-order valence-electron chi connectivity index (χ0n) is 19.2. The van der Waals surface area contributed by atoms with E-state index in [-0.39, 0.29) is 16.9 Å². The first-order valence-corrected chi connectivity index (χ1v) is 11.3. The standard InChI is InChI=1S/C26H29NO6/c1-4-31-26(30)18-5-7-19(8-6-18)33-24-17(3)32-25-20(23(24)29)9-10-22(28)21(25)15-27-13-11-16(2)12-14-27/h5-10,16,28H,4,11-15H2,1-3H3. The fourth-order valence-electron chi connectivity index (χ4n) is 4.10. The van der Waals surface area contributed by atoms with Crippen molar-refractivity contribution in [2.75, 3.05) is 19.7 Å². The van der Waals surface area contributed by atoms with E-state index in [4.69, 9.17) is 13.9 Å². The molecule has 1 fully saturated rings. The van der Waals surface area contributed by atoms with Crippen molar-refractivity contribution in [1.29, 1.82) is 0 Å². The van der Waals surface area contributed by atoms with Crippen LogP contribution < -0.4 is 10.2 Å². The highest BCUT2D eigenvalue weighted by Crippen LogP contribution is 2.32. The summed E-state index contributed by atoms with van der Waals surface area (Å²) in [5, 5.41) is 10.9. The quantitative estimate of drug-likeness (QED) is 0.527. The Balaban J connectivity index is 1.64. The highest BCUT2D eigenvalue weighted by Gasteiger charge is 2.22. The first kappa shape index (κ1) is 22.9. The van der Waals surface area contributed by atoms with Crippen molar-refractivity contribution < 1.29 is 23.8 Å². The number of aromatic hydroxyl groups is 1. The van der Waals surface area contributed by atoms with Crippen LogP contribution in [0.5, 0.6) is 17.2 Å². The molecule has 1 N–H and O–H groups in total. The van der Waals surface area contributed by atoms with Crippen LogP contribution in [0.2, 0.25) is 0 Å². The van der Waals surface area contributed by atoms with Crippen molar-refractivity contribution in [3.05, 3.63) is 63.5 Å². The summed E-state index contributed by atoms with van der Waals surface area (Å²) in [6.07, 6.45) is 2.23. The monoisotopic (exact) mass is 451 g/mol. The number of rotatable bonds is 6. The summed E-state index contributed by atoms with van der Waals surface area (Å²) in [6, 6.07) is 9.48. The topological polar surface area (TPSA) is 89.2 Å². The minimum atomic E-state index is -0.416. The minimum absolute atomic E-state index is 0.0785. The Kier molecular flexibility index (Phi) is 6.70. The lowest BCUT2D eigenvalue weighted by molar-refractivity contribution is 0.0526. The van der Waals surface area contributed by atoms with Crippen LogP contribution in [0.25, 0.3) is 11.0 Å². The van der Waals surface area contributed by atoms with Gasteiger partial charge in [0.2, 0.25) is 11.2 Å². The molecule has 1 saturated heterocycles. The molecular formula is C26H29NO6. The average molecular weight is 452 g/mol. The molecule has 0 radical (unpaired) electrons. The maximum Gasteiger partial charge on any atom is 0.338 e. The number of piperidine rings is 1. The second-order valence-corrected chi connectivity index (χ2v) is 8.56. The van der Waals surface area contributed by atoms with E-state index in [0.717, 1.165) is 25.9 Å². The Bertz CT molecular complexity index is 1210. The van der Waals surface area contributed by atoms with Crippen molar-refractivity contribution in [2.45, 2.75) is 40.2 Å². The van der Waals surface area contributed by atoms with Gasteiger partial charge in [-0.25, -0.2) is 4.79 Å². The Labute approximate surface area is 192 Å². The highest BCUT2D eigenvalue weighted by molar-refractivity contribution is 5.89.